The van der Waals surface area contributed by atoms with Crippen molar-refractivity contribution < 1.29 is 28.6 Å². The van der Waals surface area contributed by atoms with E-state index in [4.69, 9.17) is 14.2 Å². The Morgan fingerprint density at radius 2 is 0.761 bits per heavy atom. The number of carbonyl (C=O) groups is 3. The molecule has 0 fully saturated rings. The van der Waals surface area contributed by atoms with Gasteiger partial charge in [-0.15, -0.1) is 0 Å². The van der Waals surface area contributed by atoms with Gasteiger partial charge in [-0.1, -0.05) is 175 Å². The second kappa shape index (κ2) is 34.7. The highest BCUT2D eigenvalue weighted by molar-refractivity contribution is 5.71. The summed E-state index contributed by atoms with van der Waals surface area (Å²) in [5.41, 5.74) is 0. The van der Waals surface area contributed by atoms with Gasteiger partial charge in [0.2, 0.25) is 0 Å². The predicted octanol–water partition coefficient (Wildman–Crippen LogP) is 12.0. The molecule has 6 nitrogen and oxygen atoms in total. The van der Waals surface area contributed by atoms with Crippen molar-refractivity contribution in [2.24, 2.45) is 5.92 Å². The quantitative estimate of drug-likeness (QED) is 0.0385. The Morgan fingerprint density at radius 3 is 1.13 bits per heavy atom. The summed E-state index contributed by atoms with van der Waals surface area (Å²) in [5, 5.41) is 0. The van der Waals surface area contributed by atoms with E-state index in [9.17, 15) is 14.4 Å². The SMILES string of the molecule is CCCCCCCCCCCCCCCC(=O)OC[C@@H](COC(=O)CCCCCCCCC(C)CC)OC(=O)CCCCCCC. The normalized spacial score (nSPS) is 12.5. The largest absolute Gasteiger partial charge is 0.462 e. The van der Waals surface area contributed by atoms with Gasteiger partial charge in [0.15, 0.2) is 6.10 Å². The Balaban J connectivity index is 4.22. The van der Waals surface area contributed by atoms with Gasteiger partial charge in [0, 0.05) is 19.3 Å². The van der Waals surface area contributed by atoms with E-state index < -0.39 is 6.10 Å². The smallest absolute Gasteiger partial charge is 0.306 e. The average Bonchev–Trinajstić information content (AvgIpc) is 3.05. The maximum atomic E-state index is 12.5. The molecule has 0 aromatic rings. The summed E-state index contributed by atoms with van der Waals surface area (Å²) >= 11 is 0. The molecule has 6 heteroatoms. The van der Waals surface area contributed by atoms with Crippen LogP contribution in [0, 0.1) is 5.92 Å². The zero-order valence-corrected chi connectivity index (χ0v) is 31.0. The molecule has 0 aliphatic rings. The van der Waals surface area contributed by atoms with Crippen molar-refractivity contribution >= 4 is 17.9 Å². The Hall–Kier alpha value is -1.59. The van der Waals surface area contributed by atoms with Gasteiger partial charge in [0.05, 0.1) is 0 Å². The number of rotatable bonds is 35. The molecule has 0 radical (unpaired) electrons. The van der Waals surface area contributed by atoms with Crippen molar-refractivity contribution in [2.75, 3.05) is 13.2 Å². The molecule has 0 saturated heterocycles. The molecule has 0 bridgehead atoms. The van der Waals surface area contributed by atoms with Crippen LogP contribution in [0.15, 0.2) is 0 Å². The monoisotopic (exact) mass is 653 g/mol. The molecule has 0 aromatic carbocycles. The molecule has 272 valence electrons. The third-order valence-corrected chi connectivity index (χ3v) is 9.15. The lowest BCUT2D eigenvalue weighted by molar-refractivity contribution is -0.167. The first-order chi connectivity index (χ1) is 22.4. The van der Waals surface area contributed by atoms with Crippen LogP contribution in [0.4, 0.5) is 0 Å². The summed E-state index contributed by atoms with van der Waals surface area (Å²) < 4.78 is 16.5. The van der Waals surface area contributed by atoms with Gasteiger partial charge in [-0.2, -0.15) is 0 Å². The van der Waals surface area contributed by atoms with Gasteiger partial charge in [-0.25, -0.2) is 0 Å². The average molecular weight is 653 g/mol. The Labute approximate surface area is 285 Å². The topological polar surface area (TPSA) is 78.9 Å². The second-order valence-electron chi connectivity index (χ2n) is 13.8. The van der Waals surface area contributed by atoms with Gasteiger partial charge in [0.25, 0.3) is 0 Å². The second-order valence-corrected chi connectivity index (χ2v) is 13.8. The first-order valence-electron chi connectivity index (χ1n) is 19.9. The van der Waals surface area contributed by atoms with Crippen LogP contribution in [-0.4, -0.2) is 37.2 Å². The molecule has 0 aromatic heterocycles. The molecule has 0 rings (SSSR count). The van der Waals surface area contributed by atoms with E-state index in [1.165, 1.54) is 103 Å². The minimum Gasteiger partial charge on any atom is -0.462 e. The maximum Gasteiger partial charge on any atom is 0.306 e. The fourth-order valence-electron chi connectivity index (χ4n) is 5.71. The van der Waals surface area contributed by atoms with E-state index in [2.05, 4.69) is 27.7 Å². The predicted molar refractivity (Wildman–Crippen MR) is 192 cm³/mol. The molecular formula is C40H76O6. The van der Waals surface area contributed by atoms with E-state index >= 15 is 0 Å². The molecule has 0 spiro atoms. The van der Waals surface area contributed by atoms with Crippen LogP contribution in [0.5, 0.6) is 0 Å². The van der Waals surface area contributed by atoms with E-state index in [0.717, 1.165) is 70.1 Å². The van der Waals surface area contributed by atoms with E-state index in [0.29, 0.717) is 19.3 Å². The van der Waals surface area contributed by atoms with Crippen molar-refractivity contribution in [3.63, 3.8) is 0 Å². The first-order valence-corrected chi connectivity index (χ1v) is 19.9. The summed E-state index contributed by atoms with van der Waals surface area (Å²) in [6, 6.07) is 0. The summed E-state index contributed by atoms with van der Waals surface area (Å²) in [6.07, 6.45) is 31.2. The fourth-order valence-corrected chi connectivity index (χ4v) is 5.71. The van der Waals surface area contributed by atoms with Crippen LogP contribution >= 0.6 is 0 Å². The summed E-state index contributed by atoms with van der Waals surface area (Å²) in [4.78, 5) is 37.2. The van der Waals surface area contributed by atoms with E-state index in [1.807, 2.05) is 0 Å². The molecule has 46 heavy (non-hydrogen) atoms. The molecule has 0 N–H and O–H groups in total. The number of unbranched alkanes of at least 4 members (excludes halogenated alkanes) is 21. The van der Waals surface area contributed by atoms with E-state index in [1.54, 1.807) is 0 Å². The lowest BCUT2D eigenvalue weighted by Gasteiger charge is -2.18. The fraction of sp³-hybridized carbons (Fsp3) is 0.925. The molecule has 0 aliphatic heterocycles. The van der Waals surface area contributed by atoms with Gasteiger partial charge in [-0.3, -0.25) is 14.4 Å². The molecular weight excluding hydrogens is 576 g/mol. The highest BCUT2D eigenvalue weighted by Crippen LogP contribution is 2.16. The lowest BCUT2D eigenvalue weighted by atomic mass is 10.00. The molecule has 0 aliphatic carbocycles. The van der Waals surface area contributed by atoms with Crippen molar-refractivity contribution in [3.05, 3.63) is 0 Å². The number of ether oxygens (including phenoxy) is 3. The third-order valence-electron chi connectivity index (χ3n) is 9.15. The zero-order chi connectivity index (χ0) is 33.9. The third kappa shape index (κ3) is 32.4. The van der Waals surface area contributed by atoms with Crippen LogP contribution in [0.1, 0.15) is 214 Å². The van der Waals surface area contributed by atoms with Crippen molar-refractivity contribution in [3.8, 4) is 0 Å². The van der Waals surface area contributed by atoms with Gasteiger partial charge in [0.1, 0.15) is 13.2 Å². The van der Waals surface area contributed by atoms with Crippen LogP contribution in [0.3, 0.4) is 0 Å². The molecule has 0 saturated carbocycles. The minimum absolute atomic E-state index is 0.0667. The summed E-state index contributed by atoms with van der Waals surface area (Å²) in [7, 11) is 0. The highest BCUT2D eigenvalue weighted by Gasteiger charge is 2.19. The Bertz CT molecular complexity index is 693. The first kappa shape index (κ1) is 44.4. The van der Waals surface area contributed by atoms with Crippen molar-refractivity contribution in [1.29, 1.82) is 0 Å². The van der Waals surface area contributed by atoms with Gasteiger partial charge in [-0.05, 0) is 25.2 Å². The van der Waals surface area contributed by atoms with Crippen LogP contribution in [0.25, 0.3) is 0 Å². The zero-order valence-electron chi connectivity index (χ0n) is 31.0. The number of hydrogen-bond acceptors (Lipinski definition) is 6. The van der Waals surface area contributed by atoms with Crippen molar-refractivity contribution in [1.82, 2.24) is 0 Å². The Kier molecular flexibility index (Phi) is 33.5. The van der Waals surface area contributed by atoms with Gasteiger partial charge >= 0.3 is 17.9 Å². The minimum atomic E-state index is -0.756. The maximum absolute atomic E-state index is 12.5. The molecule has 2 atom stereocenters. The summed E-state index contributed by atoms with van der Waals surface area (Å²) in [5.74, 6) is -0.0653. The Morgan fingerprint density at radius 1 is 0.435 bits per heavy atom. The lowest BCUT2D eigenvalue weighted by Crippen LogP contribution is -2.30. The molecule has 1 unspecified atom stereocenters. The summed E-state index contributed by atoms with van der Waals surface area (Å²) in [6.45, 7) is 8.85. The van der Waals surface area contributed by atoms with Crippen LogP contribution < -0.4 is 0 Å². The van der Waals surface area contributed by atoms with Crippen LogP contribution in [-0.2, 0) is 28.6 Å². The number of hydrogen-bond donors (Lipinski definition) is 0. The molecule has 0 amide bonds. The van der Waals surface area contributed by atoms with E-state index in [-0.39, 0.29) is 31.1 Å². The standard InChI is InChI=1S/C40H76O6/c1-5-8-10-12-13-14-15-16-17-18-19-24-27-31-38(41)44-34-37(46-40(43)33-29-22-11-9-6-2)35-45-39(42)32-28-25-21-20-23-26-30-36(4)7-3/h36-37H,5-35H2,1-4H3/t36?,37-/m0/s1. The number of carbonyl (C=O) groups excluding carboxylic acids is 3. The van der Waals surface area contributed by atoms with Crippen molar-refractivity contribution in [2.45, 2.75) is 220 Å². The van der Waals surface area contributed by atoms with Gasteiger partial charge < -0.3 is 14.2 Å². The number of esters is 3. The molecule has 0 heterocycles. The highest BCUT2D eigenvalue weighted by atomic mass is 16.6. The van der Waals surface area contributed by atoms with Crippen LogP contribution in [0.2, 0.25) is 0 Å².